The Morgan fingerprint density at radius 2 is 1.59 bits per heavy atom. The topological polar surface area (TPSA) is 175 Å². The lowest BCUT2D eigenvalue weighted by Gasteiger charge is -2.39. The summed E-state index contributed by atoms with van der Waals surface area (Å²) >= 11 is 0. The largest absolute Gasteiger partial charge is 0.447 e. The maximum Gasteiger partial charge on any atom is 0.406 e. The van der Waals surface area contributed by atoms with Crippen LogP contribution >= 0.6 is 0 Å². The molecule has 0 aromatic heterocycles. The van der Waals surface area contributed by atoms with Crippen molar-refractivity contribution in [1.29, 1.82) is 0 Å². The molecule has 6 amide bonds. The van der Waals surface area contributed by atoms with Gasteiger partial charge in [-0.2, -0.15) is 0 Å². The third-order valence-corrected chi connectivity index (χ3v) is 9.72. The van der Waals surface area contributed by atoms with Crippen LogP contribution in [0.4, 0.5) is 9.59 Å². The number of Topliss-reactive ketones (excluding diaryl/α,β-unsaturated/α-hetero) is 1. The van der Waals surface area contributed by atoms with E-state index in [0.29, 0.717) is 6.42 Å². The van der Waals surface area contributed by atoms with Crippen molar-refractivity contribution < 1.29 is 33.5 Å². The summed E-state index contributed by atoms with van der Waals surface area (Å²) in [6, 6.07) is -4.18. The molecule has 6 atom stereocenters. The maximum absolute atomic E-state index is 14.4. The van der Waals surface area contributed by atoms with Crippen LogP contribution in [0, 0.1) is 27.6 Å². The molecule has 0 aromatic carbocycles. The SMILES string of the molecule is C=CCNC(=O)C(=O)C(CCC)NC(=O)C1C2C(C)(C)[C@]2(C)CN1C(=O)C(NC(=O)N[C@H](COC(=O)NC)C(C)(C)C)C(C)(C)C. The number of rotatable bonds is 13. The van der Waals surface area contributed by atoms with Gasteiger partial charge in [0.1, 0.15) is 18.7 Å². The number of hydrogen-bond donors (Lipinski definition) is 5. The lowest BCUT2D eigenvalue weighted by Crippen LogP contribution is -2.62. The molecule has 2 fully saturated rings. The summed E-state index contributed by atoms with van der Waals surface area (Å²) in [6.45, 7) is 23.0. The summed E-state index contributed by atoms with van der Waals surface area (Å²) in [6.07, 6.45) is 1.62. The third-order valence-electron chi connectivity index (χ3n) is 9.72. The van der Waals surface area contributed by atoms with Crippen molar-refractivity contribution in [2.45, 2.75) is 106 Å². The van der Waals surface area contributed by atoms with E-state index >= 15 is 0 Å². The first kappa shape index (κ1) is 38.5. The van der Waals surface area contributed by atoms with E-state index in [0.717, 1.165) is 0 Å². The predicted octanol–water partition coefficient (Wildman–Crippen LogP) is 2.50. The molecule has 0 aromatic rings. The Morgan fingerprint density at radius 3 is 2.09 bits per heavy atom. The van der Waals surface area contributed by atoms with Crippen LogP contribution in [0.15, 0.2) is 12.7 Å². The molecule has 1 aliphatic heterocycles. The third kappa shape index (κ3) is 8.38. The number of nitrogens with zero attached hydrogens (tertiary/aromatic N) is 1. The number of hydrogen-bond acceptors (Lipinski definition) is 7. The first-order chi connectivity index (χ1) is 21.1. The molecule has 1 aliphatic carbocycles. The van der Waals surface area contributed by atoms with Crippen LogP contribution in [0.5, 0.6) is 0 Å². The first-order valence-electron chi connectivity index (χ1n) is 16.0. The molecule has 1 saturated carbocycles. The predicted molar refractivity (Wildman–Crippen MR) is 174 cm³/mol. The van der Waals surface area contributed by atoms with E-state index < -0.39 is 70.6 Å². The van der Waals surface area contributed by atoms with E-state index in [1.54, 1.807) is 0 Å². The number of fused-ring (bicyclic) bond motifs is 1. The highest BCUT2D eigenvalue weighted by Gasteiger charge is 2.77. The number of carbonyl (C=O) groups is 6. The van der Waals surface area contributed by atoms with E-state index in [1.807, 2.05) is 55.4 Å². The van der Waals surface area contributed by atoms with Gasteiger partial charge in [0.05, 0.1) is 12.1 Å². The van der Waals surface area contributed by atoms with Crippen molar-refractivity contribution in [3.05, 3.63) is 12.7 Å². The van der Waals surface area contributed by atoms with Gasteiger partial charge in [-0.15, -0.1) is 6.58 Å². The molecule has 0 bridgehead atoms. The standard InChI is InChI=1S/C33H56N6O7/c1-13-15-19(22(40)26(42)35-16-14-2)36-25(41)21-23-32(9,10)33(23,11)18-39(21)27(43)24(31(6,7)8)38-28(44)37-20(30(3,4)5)17-46-29(45)34-12/h14,19-21,23-24H,2,13,15-18H2,1,3-12H3,(H,34,45)(H,35,42)(H,36,41)(H2,37,38,44)/t19?,20-,21?,23?,24?,33-/m1/s1. The Balaban J connectivity index is 2.35. The quantitative estimate of drug-likeness (QED) is 0.151. The zero-order valence-electron chi connectivity index (χ0n) is 29.5. The van der Waals surface area contributed by atoms with Crippen LogP contribution < -0.4 is 26.6 Å². The molecule has 13 heteroatoms. The molecule has 1 heterocycles. The Bertz CT molecular complexity index is 1200. The van der Waals surface area contributed by atoms with Crippen molar-refractivity contribution in [1.82, 2.24) is 31.5 Å². The Kier molecular flexibility index (Phi) is 12.1. The minimum Gasteiger partial charge on any atom is -0.447 e. The van der Waals surface area contributed by atoms with Crippen molar-refractivity contribution in [3.63, 3.8) is 0 Å². The monoisotopic (exact) mass is 648 g/mol. The van der Waals surface area contributed by atoms with Gasteiger partial charge in [0.25, 0.3) is 5.91 Å². The van der Waals surface area contributed by atoms with Gasteiger partial charge < -0.3 is 36.2 Å². The van der Waals surface area contributed by atoms with Crippen LogP contribution in [0.3, 0.4) is 0 Å². The number of alkyl carbamates (subject to hydrolysis) is 1. The molecule has 2 aliphatic rings. The fourth-order valence-corrected chi connectivity index (χ4v) is 6.41. The lowest BCUT2D eigenvalue weighted by molar-refractivity contribution is -0.145. The van der Waals surface area contributed by atoms with Crippen LogP contribution in [0.25, 0.3) is 0 Å². The number of piperidine rings is 1. The van der Waals surface area contributed by atoms with E-state index in [-0.39, 0.29) is 42.9 Å². The molecule has 4 unspecified atom stereocenters. The fraction of sp³-hybridized carbons (Fsp3) is 0.758. The van der Waals surface area contributed by atoms with Gasteiger partial charge in [0, 0.05) is 26.1 Å². The summed E-state index contributed by atoms with van der Waals surface area (Å²) in [4.78, 5) is 80.4. The second-order valence-electron chi connectivity index (χ2n) is 15.4. The highest BCUT2D eigenvalue weighted by atomic mass is 16.5. The average Bonchev–Trinajstić information content (AvgIpc) is 3.20. The molecule has 46 heavy (non-hydrogen) atoms. The molecule has 5 N–H and O–H groups in total. The highest BCUT2D eigenvalue weighted by Crippen LogP contribution is 2.74. The zero-order valence-corrected chi connectivity index (χ0v) is 29.5. The van der Waals surface area contributed by atoms with Gasteiger partial charge in [-0.25, -0.2) is 9.59 Å². The average molecular weight is 649 g/mol. The van der Waals surface area contributed by atoms with Gasteiger partial charge in [0.2, 0.25) is 17.6 Å². The van der Waals surface area contributed by atoms with Crippen LogP contribution in [0.1, 0.15) is 82.1 Å². The summed E-state index contributed by atoms with van der Waals surface area (Å²) in [5.74, 6) is -2.70. The highest BCUT2D eigenvalue weighted by molar-refractivity contribution is 6.38. The molecule has 0 radical (unpaired) electrons. The summed E-state index contributed by atoms with van der Waals surface area (Å²) in [5, 5.41) is 13.3. The van der Waals surface area contributed by atoms with Crippen LogP contribution in [-0.2, 0) is 23.9 Å². The summed E-state index contributed by atoms with van der Waals surface area (Å²) < 4.78 is 5.20. The summed E-state index contributed by atoms with van der Waals surface area (Å²) in [7, 11) is 1.44. The van der Waals surface area contributed by atoms with Gasteiger partial charge in [-0.05, 0) is 28.1 Å². The lowest BCUT2D eigenvalue weighted by atomic mass is 9.84. The number of likely N-dealkylation sites (tertiary alicyclic amines) is 1. The number of carbonyl (C=O) groups excluding carboxylic acids is 6. The fourth-order valence-electron chi connectivity index (χ4n) is 6.41. The van der Waals surface area contributed by atoms with E-state index in [1.165, 1.54) is 18.0 Å². The molecular formula is C33H56N6O7. The van der Waals surface area contributed by atoms with E-state index in [4.69, 9.17) is 4.74 Å². The van der Waals surface area contributed by atoms with Crippen molar-refractivity contribution in [2.75, 3.05) is 26.7 Å². The molecule has 2 rings (SSSR count). The molecule has 1 saturated heterocycles. The van der Waals surface area contributed by atoms with Crippen molar-refractivity contribution in [3.8, 4) is 0 Å². The zero-order chi connectivity index (χ0) is 35.4. The number of urea groups is 1. The Morgan fingerprint density at radius 1 is 0.978 bits per heavy atom. The maximum atomic E-state index is 14.4. The number of amides is 6. The second-order valence-corrected chi connectivity index (χ2v) is 15.4. The normalized spacial score (nSPS) is 23.5. The van der Waals surface area contributed by atoms with Gasteiger partial charge >= 0.3 is 12.1 Å². The molecular weight excluding hydrogens is 592 g/mol. The first-order valence-corrected chi connectivity index (χ1v) is 16.0. The minimum absolute atomic E-state index is 0.0858. The molecule has 0 spiro atoms. The molecule has 13 nitrogen and oxygen atoms in total. The van der Waals surface area contributed by atoms with Gasteiger partial charge in [-0.3, -0.25) is 19.2 Å². The Hall–Kier alpha value is -3.64. The van der Waals surface area contributed by atoms with Crippen LogP contribution in [0.2, 0.25) is 0 Å². The van der Waals surface area contributed by atoms with Gasteiger partial charge in [-0.1, -0.05) is 81.7 Å². The number of nitrogens with one attached hydrogen (secondary N) is 5. The smallest absolute Gasteiger partial charge is 0.406 e. The number of ketones is 1. The minimum atomic E-state index is -1.05. The summed E-state index contributed by atoms with van der Waals surface area (Å²) in [5.41, 5.74) is -1.86. The second kappa shape index (κ2) is 14.4. The van der Waals surface area contributed by atoms with Gasteiger partial charge in [0.15, 0.2) is 0 Å². The van der Waals surface area contributed by atoms with E-state index in [2.05, 4.69) is 47.0 Å². The molecule has 260 valence electrons. The Labute approximate surface area is 273 Å². The van der Waals surface area contributed by atoms with E-state index in [9.17, 15) is 28.8 Å². The van der Waals surface area contributed by atoms with Crippen LogP contribution in [-0.4, -0.2) is 91.4 Å². The van der Waals surface area contributed by atoms with Crippen molar-refractivity contribution in [2.24, 2.45) is 27.6 Å². The number of ether oxygens (including phenoxy) is 1. The van der Waals surface area contributed by atoms with Crippen molar-refractivity contribution >= 4 is 35.6 Å².